The molecule has 2 aromatic rings. The molecule has 0 spiro atoms. The number of allylic oxidation sites excluding steroid dienone is 1. The normalized spacial score (nSPS) is 15.8. The van der Waals surface area contributed by atoms with E-state index >= 15 is 0 Å². The molecule has 3 heteroatoms. The van der Waals surface area contributed by atoms with Gasteiger partial charge in [0.05, 0.1) is 4.91 Å². The lowest BCUT2D eigenvalue weighted by Crippen LogP contribution is -1.93. The molecule has 19 heavy (non-hydrogen) atoms. The van der Waals surface area contributed by atoms with E-state index in [-0.39, 0.29) is 11.5 Å². The molecule has 0 aliphatic carbocycles. The van der Waals surface area contributed by atoms with Gasteiger partial charge in [0.25, 0.3) is 0 Å². The molecule has 1 N–H and O–H groups in total. The van der Waals surface area contributed by atoms with E-state index in [1.807, 2.05) is 43.3 Å². The van der Waals surface area contributed by atoms with E-state index in [0.717, 1.165) is 16.0 Å². The second-order valence-electron chi connectivity index (χ2n) is 4.50. The third kappa shape index (κ3) is 2.17. The summed E-state index contributed by atoms with van der Waals surface area (Å²) >= 11 is 1.45. The van der Waals surface area contributed by atoms with Gasteiger partial charge in [0.15, 0.2) is 0 Å². The topological polar surface area (TPSA) is 37.3 Å². The number of aryl methyl sites for hydroxylation is 1. The van der Waals surface area contributed by atoms with Crippen molar-refractivity contribution in [2.75, 3.05) is 0 Å². The van der Waals surface area contributed by atoms with Crippen LogP contribution in [-0.2, 0) is 0 Å². The highest BCUT2D eigenvalue weighted by Crippen LogP contribution is 2.41. The van der Waals surface area contributed by atoms with Gasteiger partial charge in [-0.1, -0.05) is 36.0 Å². The first-order valence-corrected chi connectivity index (χ1v) is 6.80. The van der Waals surface area contributed by atoms with E-state index in [1.54, 1.807) is 12.1 Å². The predicted octanol–water partition coefficient (Wildman–Crippen LogP) is 4.03. The van der Waals surface area contributed by atoms with Gasteiger partial charge in [-0.05, 0) is 36.8 Å². The van der Waals surface area contributed by atoms with Crippen molar-refractivity contribution >= 4 is 23.6 Å². The lowest BCUT2D eigenvalue weighted by atomic mass is 10.1. The van der Waals surface area contributed by atoms with Crippen LogP contribution in [-0.4, -0.2) is 10.9 Å². The minimum atomic E-state index is 0.0283. The van der Waals surface area contributed by atoms with E-state index in [1.165, 1.54) is 11.8 Å². The molecule has 1 heterocycles. The Morgan fingerprint density at radius 3 is 2.68 bits per heavy atom. The highest BCUT2D eigenvalue weighted by atomic mass is 32.2. The number of ketones is 1. The van der Waals surface area contributed by atoms with Gasteiger partial charge in [-0.25, -0.2) is 0 Å². The maximum Gasteiger partial charge on any atom is 0.200 e. The first kappa shape index (κ1) is 12.1. The summed E-state index contributed by atoms with van der Waals surface area (Å²) in [7, 11) is 0. The summed E-state index contributed by atoms with van der Waals surface area (Å²) < 4.78 is 0. The Balaban J connectivity index is 2.01. The Bertz CT molecular complexity index is 702. The van der Waals surface area contributed by atoms with Crippen molar-refractivity contribution in [3.05, 3.63) is 64.1 Å². The average Bonchev–Trinajstić information content (AvgIpc) is 2.70. The highest BCUT2D eigenvalue weighted by molar-refractivity contribution is 8.04. The van der Waals surface area contributed by atoms with Gasteiger partial charge >= 0.3 is 0 Å². The van der Waals surface area contributed by atoms with Gasteiger partial charge in [-0.15, -0.1) is 0 Å². The number of carbonyl (C=O) groups is 1. The zero-order chi connectivity index (χ0) is 13.4. The monoisotopic (exact) mass is 268 g/mol. The van der Waals surface area contributed by atoms with Crippen molar-refractivity contribution < 1.29 is 9.90 Å². The van der Waals surface area contributed by atoms with Crippen LogP contribution in [0.3, 0.4) is 0 Å². The number of rotatable bonds is 1. The van der Waals surface area contributed by atoms with Crippen molar-refractivity contribution in [1.82, 2.24) is 0 Å². The molecule has 0 saturated carbocycles. The molecule has 3 rings (SSSR count). The van der Waals surface area contributed by atoms with Crippen LogP contribution in [0, 0.1) is 6.92 Å². The van der Waals surface area contributed by atoms with E-state index in [2.05, 4.69) is 0 Å². The molecule has 0 radical (unpaired) electrons. The Morgan fingerprint density at radius 2 is 1.95 bits per heavy atom. The quantitative estimate of drug-likeness (QED) is 0.793. The van der Waals surface area contributed by atoms with Crippen molar-refractivity contribution in [1.29, 1.82) is 0 Å². The Labute approximate surface area is 115 Å². The molecular formula is C16H12O2S. The van der Waals surface area contributed by atoms with E-state index in [9.17, 15) is 9.90 Å². The number of hydrogen-bond donors (Lipinski definition) is 1. The first-order valence-electron chi connectivity index (χ1n) is 5.98. The maximum absolute atomic E-state index is 12.2. The van der Waals surface area contributed by atoms with Crippen LogP contribution in [0.2, 0.25) is 0 Å². The zero-order valence-electron chi connectivity index (χ0n) is 10.4. The lowest BCUT2D eigenvalue weighted by molar-refractivity contribution is 0.104. The minimum Gasteiger partial charge on any atom is -0.507 e. The largest absolute Gasteiger partial charge is 0.507 e. The minimum absolute atomic E-state index is 0.0283. The maximum atomic E-state index is 12.2. The number of hydrogen-bond acceptors (Lipinski definition) is 3. The second kappa shape index (κ2) is 4.59. The standard InChI is InChI=1S/C16H12O2S/c1-10-6-7-11(13(17)8-10)9-15-16(18)12-4-2-3-5-14(12)19-15/h2-9,17H,1H3/b15-9+. The van der Waals surface area contributed by atoms with Crippen LogP contribution in [0.25, 0.3) is 6.08 Å². The molecule has 0 atom stereocenters. The van der Waals surface area contributed by atoms with Crippen molar-refractivity contribution in [2.45, 2.75) is 11.8 Å². The van der Waals surface area contributed by atoms with Gasteiger partial charge in [-0.3, -0.25) is 4.79 Å². The fourth-order valence-electron chi connectivity index (χ4n) is 2.05. The molecule has 1 aliphatic rings. The fourth-order valence-corrected chi connectivity index (χ4v) is 3.10. The summed E-state index contributed by atoms with van der Waals surface area (Å²) in [6.07, 6.45) is 1.75. The predicted molar refractivity (Wildman–Crippen MR) is 77.5 cm³/mol. The summed E-state index contributed by atoms with van der Waals surface area (Å²) in [6.45, 7) is 1.92. The molecule has 0 unspecified atom stereocenters. The summed E-state index contributed by atoms with van der Waals surface area (Å²) in [5, 5.41) is 9.89. The van der Waals surface area contributed by atoms with Crippen LogP contribution < -0.4 is 0 Å². The number of phenols is 1. The second-order valence-corrected chi connectivity index (χ2v) is 5.58. The Hall–Kier alpha value is -2.00. The van der Waals surface area contributed by atoms with E-state index < -0.39 is 0 Å². The van der Waals surface area contributed by atoms with Gasteiger partial charge in [0.2, 0.25) is 5.78 Å². The van der Waals surface area contributed by atoms with Crippen LogP contribution in [0.15, 0.2) is 52.3 Å². The Kier molecular flexibility index (Phi) is 2.91. The van der Waals surface area contributed by atoms with Gasteiger partial charge in [0, 0.05) is 16.0 Å². The van der Waals surface area contributed by atoms with E-state index in [0.29, 0.717) is 10.5 Å². The van der Waals surface area contributed by atoms with Crippen molar-refractivity contribution in [3.8, 4) is 5.75 Å². The number of thioether (sulfide) groups is 1. The van der Waals surface area contributed by atoms with Crippen LogP contribution in [0.5, 0.6) is 5.75 Å². The number of phenolic OH excluding ortho intramolecular Hbond substituents is 1. The number of aromatic hydroxyl groups is 1. The molecule has 2 nitrogen and oxygen atoms in total. The molecule has 0 saturated heterocycles. The molecule has 94 valence electrons. The van der Waals surface area contributed by atoms with Crippen LogP contribution in [0.4, 0.5) is 0 Å². The molecule has 0 amide bonds. The lowest BCUT2D eigenvalue weighted by Gasteiger charge is -2.01. The number of benzene rings is 2. The number of Topliss-reactive ketones (excluding diaryl/α,β-unsaturated/α-hetero) is 1. The average molecular weight is 268 g/mol. The number of carbonyl (C=O) groups excluding carboxylic acids is 1. The molecule has 0 aromatic heterocycles. The molecular weight excluding hydrogens is 256 g/mol. The van der Waals surface area contributed by atoms with Crippen molar-refractivity contribution in [3.63, 3.8) is 0 Å². The van der Waals surface area contributed by atoms with Crippen LogP contribution >= 0.6 is 11.8 Å². The van der Waals surface area contributed by atoms with Crippen molar-refractivity contribution in [2.24, 2.45) is 0 Å². The van der Waals surface area contributed by atoms with Gasteiger partial charge in [-0.2, -0.15) is 0 Å². The van der Waals surface area contributed by atoms with Gasteiger partial charge < -0.3 is 5.11 Å². The third-order valence-corrected chi connectivity index (χ3v) is 4.15. The Morgan fingerprint density at radius 1 is 1.16 bits per heavy atom. The molecule has 0 fully saturated rings. The van der Waals surface area contributed by atoms with Crippen LogP contribution in [0.1, 0.15) is 21.5 Å². The molecule has 2 aromatic carbocycles. The summed E-state index contributed by atoms with van der Waals surface area (Å²) in [5.41, 5.74) is 2.41. The van der Waals surface area contributed by atoms with E-state index in [4.69, 9.17) is 0 Å². The third-order valence-electron chi connectivity index (χ3n) is 3.05. The molecule has 1 aliphatic heterocycles. The summed E-state index contributed by atoms with van der Waals surface area (Å²) in [4.78, 5) is 13.8. The number of fused-ring (bicyclic) bond motifs is 1. The first-order chi connectivity index (χ1) is 9.15. The highest BCUT2D eigenvalue weighted by Gasteiger charge is 2.25. The fraction of sp³-hybridized carbons (Fsp3) is 0.0625. The smallest absolute Gasteiger partial charge is 0.200 e. The molecule has 0 bridgehead atoms. The summed E-state index contributed by atoms with van der Waals surface area (Å²) in [5.74, 6) is 0.234. The summed E-state index contributed by atoms with van der Waals surface area (Å²) in [6, 6.07) is 13.0. The zero-order valence-corrected chi connectivity index (χ0v) is 11.2. The van der Waals surface area contributed by atoms with Gasteiger partial charge in [0.1, 0.15) is 5.75 Å². The SMILES string of the molecule is Cc1ccc(/C=C2/Sc3ccccc3C2=O)c(O)c1.